The third-order valence-corrected chi connectivity index (χ3v) is 5.77. The number of nitrogens with zero attached hydrogens (tertiary/aromatic N) is 2. The van der Waals surface area contributed by atoms with E-state index in [9.17, 15) is 18.3 Å². The van der Waals surface area contributed by atoms with Crippen molar-refractivity contribution in [3.8, 4) is 5.75 Å². The van der Waals surface area contributed by atoms with Crippen LogP contribution in [0.25, 0.3) is 10.9 Å². The fourth-order valence-corrected chi connectivity index (χ4v) is 4.38. The summed E-state index contributed by atoms with van der Waals surface area (Å²) in [5.41, 5.74) is 2.33. The smallest absolute Gasteiger partial charge is 0.394 e. The van der Waals surface area contributed by atoms with Crippen molar-refractivity contribution in [3.05, 3.63) is 59.5 Å². The minimum Gasteiger partial charge on any atom is -0.508 e. The van der Waals surface area contributed by atoms with Crippen LogP contribution in [-0.2, 0) is 0 Å². The lowest BCUT2D eigenvalue weighted by Gasteiger charge is -2.40. The first kappa shape index (κ1) is 19.5. The summed E-state index contributed by atoms with van der Waals surface area (Å²) in [6, 6.07) is 9.13. The van der Waals surface area contributed by atoms with Crippen LogP contribution in [0.1, 0.15) is 48.7 Å². The van der Waals surface area contributed by atoms with Crippen LogP contribution in [0.4, 0.5) is 18.9 Å². The first-order chi connectivity index (χ1) is 13.8. The molecule has 0 saturated carbocycles. The number of aryl methyl sites for hydroxylation is 1. The molecule has 4 rings (SSSR count). The van der Waals surface area contributed by atoms with Crippen LogP contribution < -0.4 is 5.32 Å². The largest absolute Gasteiger partial charge is 0.508 e. The van der Waals surface area contributed by atoms with Gasteiger partial charge in [0.15, 0.2) is 0 Å². The quantitative estimate of drug-likeness (QED) is 0.576. The summed E-state index contributed by atoms with van der Waals surface area (Å²) in [5.74, 6) is -1.25. The van der Waals surface area contributed by atoms with Crippen LogP contribution in [0.3, 0.4) is 0 Å². The van der Waals surface area contributed by atoms with E-state index in [0.717, 1.165) is 0 Å². The first-order valence-corrected chi connectivity index (χ1v) is 9.67. The van der Waals surface area contributed by atoms with Gasteiger partial charge in [-0.05, 0) is 49.4 Å². The molecular weight excluding hydrogens is 379 g/mol. The Morgan fingerprint density at radius 3 is 2.66 bits per heavy atom. The fraction of sp³-hybridized carbons (Fsp3) is 0.364. The van der Waals surface area contributed by atoms with E-state index >= 15 is 0 Å². The second kappa shape index (κ2) is 7.21. The van der Waals surface area contributed by atoms with Gasteiger partial charge in [-0.25, -0.2) is 9.97 Å². The monoisotopic (exact) mass is 401 g/mol. The molecular formula is C22H22F3N3O. The van der Waals surface area contributed by atoms with Crippen LogP contribution in [0.5, 0.6) is 5.75 Å². The minimum absolute atomic E-state index is 0.0543. The average Bonchev–Trinajstić information content (AvgIpc) is 2.67. The molecule has 152 valence electrons. The predicted octanol–water partition coefficient (Wildman–Crippen LogP) is 5.87. The molecule has 2 aromatic carbocycles. The Labute approximate surface area is 166 Å². The molecule has 29 heavy (non-hydrogen) atoms. The lowest BCUT2D eigenvalue weighted by molar-refractivity contribution is -0.184. The van der Waals surface area contributed by atoms with Gasteiger partial charge in [0.1, 0.15) is 11.6 Å². The number of phenolic OH excluding ortho intramolecular Hbond substituents is 1. The van der Waals surface area contributed by atoms with E-state index in [2.05, 4.69) is 15.3 Å². The van der Waals surface area contributed by atoms with Crippen LogP contribution >= 0.6 is 0 Å². The number of hydrogen-bond donors (Lipinski definition) is 2. The number of benzene rings is 2. The molecule has 0 aliphatic heterocycles. The van der Waals surface area contributed by atoms with E-state index in [1.54, 1.807) is 43.5 Å². The summed E-state index contributed by atoms with van der Waals surface area (Å²) in [7, 11) is 0. The Balaban J connectivity index is 1.85. The Morgan fingerprint density at radius 1 is 1.17 bits per heavy atom. The van der Waals surface area contributed by atoms with E-state index in [1.807, 2.05) is 13.0 Å². The highest BCUT2D eigenvalue weighted by Crippen LogP contribution is 2.52. The Hall–Kier alpha value is -2.83. The molecule has 1 heterocycles. The van der Waals surface area contributed by atoms with Gasteiger partial charge in [0, 0.05) is 22.8 Å². The second-order valence-corrected chi connectivity index (χ2v) is 7.55. The maximum Gasteiger partial charge on any atom is 0.394 e. The number of nitrogens with one attached hydrogen (secondary N) is 1. The molecule has 0 unspecified atom stereocenters. The summed E-state index contributed by atoms with van der Waals surface area (Å²) in [5, 5.41) is 14.2. The standard InChI is InChI=1S/C22H22F3N3O/c1-3-13-10-16(22(23,24)25)21(14-6-4-9-19(29)20(13)14)28-18-8-5-7-17-15(18)11-26-12(2)27-17/h4-9,11,13,16,21,28-29H,3,10H2,1-2H3/t13-,16+,21+/m1/s1. The third kappa shape index (κ3) is 3.50. The normalized spacial score (nSPS) is 21.8. The molecule has 4 nitrogen and oxygen atoms in total. The summed E-state index contributed by atoms with van der Waals surface area (Å²) in [4.78, 5) is 8.57. The summed E-state index contributed by atoms with van der Waals surface area (Å²) in [6.07, 6.45) is -2.27. The molecule has 1 aromatic heterocycles. The number of phenols is 1. The van der Waals surface area contributed by atoms with Crippen molar-refractivity contribution in [1.29, 1.82) is 0 Å². The van der Waals surface area contributed by atoms with Crippen LogP contribution in [0.15, 0.2) is 42.6 Å². The number of aromatic nitrogens is 2. The molecule has 0 fully saturated rings. The van der Waals surface area contributed by atoms with Crippen molar-refractivity contribution < 1.29 is 18.3 Å². The average molecular weight is 401 g/mol. The van der Waals surface area contributed by atoms with Crippen molar-refractivity contribution in [2.75, 3.05) is 5.32 Å². The maximum absolute atomic E-state index is 14.0. The second-order valence-electron chi connectivity index (χ2n) is 7.55. The molecule has 0 radical (unpaired) electrons. The molecule has 0 saturated heterocycles. The highest BCUT2D eigenvalue weighted by atomic mass is 19.4. The van der Waals surface area contributed by atoms with Crippen LogP contribution in [0.2, 0.25) is 0 Å². The third-order valence-electron chi connectivity index (χ3n) is 5.77. The van der Waals surface area contributed by atoms with E-state index in [4.69, 9.17) is 0 Å². The van der Waals surface area contributed by atoms with E-state index in [0.29, 0.717) is 40.0 Å². The minimum atomic E-state index is -4.37. The van der Waals surface area contributed by atoms with Crippen molar-refractivity contribution >= 4 is 16.6 Å². The van der Waals surface area contributed by atoms with E-state index < -0.39 is 18.1 Å². The number of fused-ring (bicyclic) bond motifs is 2. The molecule has 2 N–H and O–H groups in total. The number of aromatic hydroxyl groups is 1. The van der Waals surface area contributed by atoms with Gasteiger partial charge in [-0.2, -0.15) is 13.2 Å². The van der Waals surface area contributed by atoms with Crippen molar-refractivity contribution in [2.45, 2.75) is 44.8 Å². The Morgan fingerprint density at radius 2 is 1.93 bits per heavy atom. The number of alkyl halides is 3. The van der Waals surface area contributed by atoms with Gasteiger partial charge in [-0.3, -0.25) is 0 Å². The number of hydrogen-bond acceptors (Lipinski definition) is 4. The van der Waals surface area contributed by atoms with Gasteiger partial charge in [0.05, 0.1) is 17.5 Å². The van der Waals surface area contributed by atoms with Crippen molar-refractivity contribution in [2.24, 2.45) is 5.92 Å². The SMILES string of the molecule is CC[C@@H]1C[C@H](C(F)(F)F)[C@@H](Nc2cccc3nc(C)ncc23)c2cccc(O)c21. The molecule has 7 heteroatoms. The van der Waals surface area contributed by atoms with Gasteiger partial charge in [0.2, 0.25) is 0 Å². The molecule has 1 aliphatic rings. The number of rotatable bonds is 3. The highest BCUT2D eigenvalue weighted by Gasteiger charge is 2.50. The predicted molar refractivity (Wildman–Crippen MR) is 106 cm³/mol. The van der Waals surface area contributed by atoms with Gasteiger partial charge >= 0.3 is 6.18 Å². The Kier molecular flexibility index (Phi) is 4.84. The van der Waals surface area contributed by atoms with Crippen molar-refractivity contribution in [1.82, 2.24) is 9.97 Å². The summed E-state index contributed by atoms with van der Waals surface area (Å²) in [6.45, 7) is 3.62. The van der Waals surface area contributed by atoms with Gasteiger partial charge in [0.25, 0.3) is 0 Å². The summed E-state index contributed by atoms with van der Waals surface area (Å²) >= 11 is 0. The zero-order valence-electron chi connectivity index (χ0n) is 16.2. The zero-order chi connectivity index (χ0) is 20.8. The number of halogens is 3. The van der Waals surface area contributed by atoms with Crippen LogP contribution in [-0.4, -0.2) is 21.3 Å². The Bertz CT molecular complexity index is 1050. The van der Waals surface area contributed by atoms with E-state index in [-0.39, 0.29) is 18.1 Å². The topological polar surface area (TPSA) is 58.0 Å². The molecule has 0 spiro atoms. The van der Waals surface area contributed by atoms with Crippen LogP contribution in [0, 0.1) is 12.8 Å². The lowest BCUT2D eigenvalue weighted by Crippen LogP contribution is -2.38. The fourth-order valence-electron chi connectivity index (χ4n) is 4.38. The molecule has 3 atom stereocenters. The lowest BCUT2D eigenvalue weighted by atomic mass is 9.72. The first-order valence-electron chi connectivity index (χ1n) is 9.67. The molecule has 0 amide bonds. The number of anilines is 1. The molecule has 3 aromatic rings. The van der Waals surface area contributed by atoms with Gasteiger partial charge < -0.3 is 10.4 Å². The zero-order valence-corrected chi connectivity index (χ0v) is 16.2. The van der Waals surface area contributed by atoms with Gasteiger partial charge in [-0.1, -0.05) is 25.1 Å². The highest BCUT2D eigenvalue weighted by molar-refractivity contribution is 5.90. The molecule has 0 bridgehead atoms. The van der Waals surface area contributed by atoms with E-state index in [1.165, 1.54) is 0 Å². The van der Waals surface area contributed by atoms with Crippen molar-refractivity contribution in [3.63, 3.8) is 0 Å². The maximum atomic E-state index is 14.0. The van der Waals surface area contributed by atoms with Gasteiger partial charge in [-0.15, -0.1) is 0 Å². The molecule has 1 aliphatic carbocycles. The summed E-state index contributed by atoms with van der Waals surface area (Å²) < 4.78 is 42.1.